The third kappa shape index (κ3) is 0.940. The molecule has 0 aliphatic carbocycles. The van der Waals surface area contributed by atoms with Crippen LogP contribution in [0.2, 0.25) is 0 Å². The summed E-state index contributed by atoms with van der Waals surface area (Å²) in [5.41, 5.74) is 0.557. The number of halogens is 1. The monoisotopic (exact) mass is 180 g/mol. The van der Waals surface area contributed by atoms with Crippen LogP contribution in [0.4, 0.5) is 4.39 Å². The molecule has 0 saturated carbocycles. The Morgan fingerprint density at radius 1 is 1.33 bits per heavy atom. The smallest absolute Gasteiger partial charge is 0.151 e. The van der Waals surface area contributed by atoms with Crippen LogP contribution >= 0.6 is 11.3 Å². The Bertz CT molecular complexity index is 433. The maximum atomic E-state index is 13.0. The molecule has 2 aromatic rings. The highest BCUT2D eigenvalue weighted by molar-refractivity contribution is 7.17. The number of rotatable bonds is 1. The quantitative estimate of drug-likeness (QED) is 0.617. The van der Waals surface area contributed by atoms with Gasteiger partial charge >= 0.3 is 0 Å². The van der Waals surface area contributed by atoms with Gasteiger partial charge in [-0.15, -0.1) is 11.3 Å². The molecule has 0 spiro atoms. The molecule has 0 atom stereocenters. The van der Waals surface area contributed by atoms with Crippen LogP contribution in [-0.4, -0.2) is 6.29 Å². The molecule has 3 heteroatoms. The van der Waals surface area contributed by atoms with Crippen LogP contribution in [0.1, 0.15) is 10.4 Å². The summed E-state index contributed by atoms with van der Waals surface area (Å²) in [6, 6.07) is 4.50. The summed E-state index contributed by atoms with van der Waals surface area (Å²) in [6.45, 7) is 0. The van der Waals surface area contributed by atoms with Gasteiger partial charge in [-0.05, 0) is 23.6 Å². The number of fused-ring (bicyclic) bond motifs is 1. The van der Waals surface area contributed by atoms with E-state index in [1.807, 2.05) is 0 Å². The molecule has 0 radical (unpaired) electrons. The molecule has 0 amide bonds. The van der Waals surface area contributed by atoms with E-state index in [1.165, 1.54) is 23.5 Å². The fourth-order valence-corrected chi connectivity index (χ4v) is 2.03. The highest BCUT2D eigenvalue weighted by Gasteiger charge is 2.05. The van der Waals surface area contributed by atoms with E-state index in [2.05, 4.69) is 0 Å². The number of benzene rings is 1. The van der Waals surface area contributed by atoms with Gasteiger partial charge < -0.3 is 0 Å². The minimum atomic E-state index is -0.267. The third-order valence-electron chi connectivity index (χ3n) is 1.72. The first-order valence-corrected chi connectivity index (χ1v) is 4.32. The van der Waals surface area contributed by atoms with Crippen molar-refractivity contribution >= 4 is 27.7 Å². The lowest BCUT2D eigenvalue weighted by Crippen LogP contribution is -1.81. The molecule has 1 heterocycles. The Labute approximate surface area is 72.4 Å². The van der Waals surface area contributed by atoms with Gasteiger partial charge in [0.25, 0.3) is 0 Å². The number of aldehydes is 1. The maximum absolute atomic E-state index is 13.0. The average molecular weight is 180 g/mol. The van der Waals surface area contributed by atoms with Crippen LogP contribution in [0.5, 0.6) is 0 Å². The topological polar surface area (TPSA) is 17.1 Å². The molecule has 0 unspecified atom stereocenters. The summed E-state index contributed by atoms with van der Waals surface area (Å²) < 4.78 is 13.8. The molecule has 1 aromatic heterocycles. The summed E-state index contributed by atoms with van der Waals surface area (Å²) in [4.78, 5) is 10.5. The van der Waals surface area contributed by atoms with Crippen molar-refractivity contribution in [3.63, 3.8) is 0 Å². The summed E-state index contributed by atoms with van der Waals surface area (Å²) in [7, 11) is 0. The number of hydrogen-bond donors (Lipinski definition) is 0. The van der Waals surface area contributed by atoms with Crippen LogP contribution < -0.4 is 0 Å². The van der Waals surface area contributed by atoms with Crippen LogP contribution in [0.3, 0.4) is 0 Å². The van der Waals surface area contributed by atoms with Gasteiger partial charge in [-0.25, -0.2) is 4.39 Å². The Morgan fingerprint density at radius 2 is 2.17 bits per heavy atom. The summed E-state index contributed by atoms with van der Waals surface area (Å²) in [5, 5.41) is 2.31. The molecule has 0 saturated heterocycles. The number of carbonyl (C=O) groups is 1. The highest BCUT2D eigenvalue weighted by Crippen LogP contribution is 2.25. The molecular weight excluding hydrogens is 175 g/mol. The van der Waals surface area contributed by atoms with Gasteiger partial charge in [0.2, 0.25) is 0 Å². The fourth-order valence-electron chi connectivity index (χ4n) is 1.14. The largest absolute Gasteiger partial charge is 0.298 e. The lowest BCUT2D eigenvalue weighted by molar-refractivity contribution is 0.112. The predicted molar refractivity (Wildman–Crippen MR) is 47.2 cm³/mol. The van der Waals surface area contributed by atoms with Crippen molar-refractivity contribution in [3.8, 4) is 0 Å². The first-order chi connectivity index (χ1) is 5.83. The van der Waals surface area contributed by atoms with Gasteiger partial charge in [-0.3, -0.25) is 4.79 Å². The second-order valence-electron chi connectivity index (χ2n) is 2.42. The molecule has 1 nitrogen and oxygen atoms in total. The predicted octanol–water partition coefficient (Wildman–Crippen LogP) is 2.85. The van der Waals surface area contributed by atoms with E-state index in [-0.39, 0.29) is 5.82 Å². The molecular formula is C9H5FOS. The lowest BCUT2D eigenvalue weighted by Gasteiger charge is -1.94. The Balaban J connectivity index is 2.91. The maximum Gasteiger partial charge on any atom is 0.151 e. The van der Waals surface area contributed by atoms with Crippen molar-refractivity contribution in [3.05, 3.63) is 35.0 Å². The van der Waals surface area contributed by atoms with Crippen LogP contribution in [-0.2, 0) is 0 Å². The summed E-state index contributed by atoms with van der Waals surface area (Å²) in [5.74, 6) is -0.267. The zero-order valence-corrected chi connectivity index (χ0v) is 6.90. The second kappa shape index (κ2) is 2.68. The van der Waals surface area contributed by atoms with E-state index in [1.54, 1.807) is 11.4 Å². The Morgan fingerprint density at radius 3 is 2.92 bits per heavy atom. The Hall–Kier alpha value is -1.22. The van der Waals surface area contributed by atoms with Crippen molar-refractivity contribution in [1.82, 2.24) is 0 Å². The van der Waals surface area contributed by atoms with Crippen molar-refractivity contribution in [2.75, 3.05) is 0 Å². The zero-order valence-electron chi connectivity index (χ0n) is 6.08. The normalized spacial score (nSPS) is 10.4. The van der Waals surface area contributed by atoms with Crippen molar-refractivity contribution in [2.24, 2.45) is 0 Å². The van der Waals surface area contributed by atoms with Crippen LogP contribution in [0, 0.1) is 5.82 Å². The van der Waals surface area contributed by atoms with Crippen molar-refractivity contribution < 1.29 is 9.18 Å². The minimum Gasteiger partial charge on any atom is -0.298 e. The van der Waals surface area contributed by atoms with Gasteiger partial charge in [-0.2, -0.15) is 0 Å². The molecule has 0 fully saturated rings. The summed E-state index contributed by atoms with van der Waals surface area (Å²) >= 11 is 1.38. The molecule has 12 heavy (non-hydrogen) atoms. The molecule has 2 rings (SSSR count). The molecule has 0 aliphatic rings. The van der Waals surface area contributed by atoms with E-state index >= 15 is 0 Å². The van der Waals surface area contributed by atoms with E-state index in [0.717, 1.165) is 11.0 Å². The van der Waals surface area contributed by atoms with Crippen LogP contribution in [0.25, 0.3) is 10.1 Å². The van der Waals surface area contributed by atoms with Crippen LogP contribution in [0.15, 0.2) is 23.6 Å². The van der Waals surface area contributed by atoms with Crippen molar-refractivity contribution in [1.29, 1.82) is 0 Å². The minimum absolute atomic E-state index is 0.267. The highest BCUT2D eigenvalue weighted by atomic mass is 32.1. The molecule has 0 N–H and O–H groups in total. The second-order valence-corrected chi connectivity index (χ2v) is 3.33. The van der Waals surface area contributed by atoms with Gasteiger partial charge in [0, 0.05) is 15.6 Å². The van der Waals surface area contributed by atoms with E-state index in [4.69, 9.17) is 0 Å². The Kier molecular flexibility index (Phi) is 1.66. The van der Waals surface area contributed by atoms with E-state index in [9.17, 15) is 9.18 Å². The van der Waals surface area contributed by atoms with Gasteiger partial charge in [0.1, 0.15) is 5.82 Å². The first-order valence-electron chi connectivity index (χ1n) is 3.44. The fraction of sp³-hybridized carbons (Fsp3) is 0. The molecule has 0 bridgehead atoms. The number of carbonyl (C=O) groups excluding carboxylic acids is 1. The van der Waals surface area contributed by atoms with E-state index < -0.39 is 0 Å². The van der Waals surface area contributed by atoms with E-state index in [0.29, 0.717) is 10.9 Å². The molecule has 0 aliphatic heterocycles. The third-order valence-corrected chi connectivity index (χ3v) is 2.68. The summed E-state index contributed by atoms with van der Waals surface area (Å²) in [6.07, 6.45) is 0.748. The van der Waals surface area contributed by atoms with Gasteiger partial charge in [0.15, 0.2) is 6.29 Å². The molecule has 60 valence electrons. The van der Waals surface area contributed by atoms with Gasteiger partial charge in [0.05, 0.1) is 0 Å². The van der Waals surface area contributed by atoms with Crippen molar-refractivity contribution in [2.45, 2.75) is 0 Å². The SMILES string of the molecule is O=Cc1ccc(F)c2ccsc12. The lowest BCUT2D eigenvalue weighted by atomic mass is 10.2. The molecule has 1 aromatic carbocycles. The van der Waals surface area contributed by atoms with Gasteiger partial charge in [-0.1, -0.05) is 0 Å². The number of hydrogen-bond acceptors (Lipinski definition) is 2. The standard InChI is InChI=1S/C9H5FOS/c10-8-2-1-6(5-11)9-7(8)3-4-12-9/h1-5H. The average Bonchev–Trinajstić information content (AvgIpc) is 2.54. The number of thiophene rings is 1. The zero-order chi connectivity index (χ0) is 8.55. The first kappa shape index (κ1) is 7.43.